The van der Waals surface area contributed by atoms with Crippen LogP contribution >= 0.6 is 0 Å². The van der Waals surface area contributed by atoms with Gasteiger partial charge in [-0.15, -0.1) is 0 Å². The lowest BCUT2D eigenvalue weighted by Crippen LogP contribution is -2.29. The highest BCUT2D eigenvalue weighted by Gasteiger charge is 2.46. The molecule has 0 spiro atoms. The average molecular weight is 211 g/mol. The summed E-state index contributed by atoms with van der Waals surface area (Å²) in [6, 6.07) is 0.350. The summed E-state index contributed by atoms with van der Waals surface area (Å²) in [5.41, 5.74) is 0.756. The number of ether oxygens (including phenoxy) is 1. The van der Waals surface area contributed by atoms with Crippen LogP contribution in [0.5, 0.6) is 0 Å². The van der Waals surface area contributed by atoms with Crippen molar-refractivity contribution >= 4 is 5.97 Å². The van der Waals surface area contributed by atoms with E-state index in [1.807, 2.05) is 0 Å². The lowest BCUT2D eigenvalue weighted by molar-refractivity contribution is -0.140. The molecule has 2 unspecified atom stereocenters. The standard InChI is InChI=1S/C12H21NO2/c1-6-10(13-8-12(13,4)5)7-15-11(14)9(2)3/h10H,2,6-8H2,1,3-5H3. The van der Waals surface area contributed by atoms with Crippen LogP contribution < -0.4 is 0 Å². The van der Waals surface area contributed by atoms with Crippen LogP contribution in [0.3, 0.4) is 0 Å². The van der Waals surface area contributed by atoms with Gasteiger partial charge in [0.2, 0.25) is 0 Å². The SMILES string of the molecule is C=C(C)C(=O)OCC(CC)N1CC1(C)C. The highest BCUT2D eigenvalue weighted by molar-refractivity contribution is 5.86. The van der Waals surface area contributed by atoms with Crippen molar-refractivity contribution in [3.8, 4) is 0 Å². The van der Waals surface area contributed by atoms with Crippen LogP contribution in [0.1, 0.15) is 34.1 Å². The van der Waals surface area contributed by atoms with Crippen molar-refractivity contribution in [3.63, 3.8) is 0 Å². The molecule has 1 heterocycles. The van der Waals surface area contributed by atoms with E-state index in [1.54, 1.807) is 6.92 Å². The van der Waals surface area contributed by atoms with E-state index in [0.29, 0.717) is 18.2 Å². The minimum absolute atomic E-state index is 0.284. The molecule has 0 radical (unpaired) electrons. The van der Waals surface area contributed by atoms with E-state index in [9.17, 15) is 4.79 Å². The summed E-state index contributed by atoms with van der Waals surface area (Å²) in [4.78, 5) is 13.6. The summed E-state index contributed by atoms with van der Waals surface area (Å²) < 4.78 is 5.17. The third-order valence-electron chi connectivity index (χ3n) is 2.90. The normalized spacial score (nSPS) is 24.4. The molecular weight excluding hydrogens is 190 g/mol. The lowest BCUT2D eigenvalue weighted by atomic mass is 10.2. The zero-order valence-corrected chi connectivity index (χ0v) is 10.2. The maximum atomic E-state index is 11.2. The van der Waals surface area contributed by atoms with Crippen LogP contribution in [0.15, 0.2) is 12.2 Å². The van der Waals surface area contributed by atoms with Crippen LogP contribution in [0.25, 0.3) is 0 Å². The molecule has 0 aromatic rings. The van der Waals surface area contributed by atoms with Gasteiger partial charge in [0.25, 0.3) is 0 Å². The van der Waals surface area contributed by atoms with E-state index in [0.717, 1.165) is 13.0 Å². The van der Waals surface area contributed by atoms with Gasteiger partial charge in [-0.2, -0.15) is 0 Å². The van der Waals surface area contributed by atoms with Gasteiger partial charge in [0.15, 0.2) is 0 Å². The Balaban J connectivity index is 2.36. The fraction of sp³-hybridized carbons (Fsp3) is 0.750. The van der Waals surface area contributed by atoms with Crippen molar-refractivity contribution in [3.05, 3.63) is 12.2 Å². The predicted octanol–water partition coefficient (Wildman–Crippen LogP) is 1.98. The van der Waals surface area contributed by atoms with Crippen LogP contribution in [0, 0.1) is 0 Å². The minimum atomic E-state index is -0.284. The Morgan fingerprint density at radius 3 is 2.47 bits per heavy atom. The first kappa shape index (κ1) is 12.2. The molecule has 2 atom stereocenters. The fourth-order valence-electron chi connectivity index (χ4n) is 1.73. The van der Waals surface area contributed by atoms with E-state index in [1.165, 1.54) is 0 Å². The van der Waals surface area contributed by atoms with Gasteiger partial charge in [-0.3, -0.25) is 4.90 Å². The second-order valence-corrected chi connectivity index (χ2v) is 4.88. The molecule has 0 aromatic heterocycles. The van der Waals surface area contributed by atoms with Gasteiger partial charge in [-0.25, -0.2) is 4.79 Å². The summed E-state index contributed by atoms with van der Waals surface area (Å²) in [5.74, 6) is -0.284. The van der Waals surface area contributed by atoms with Gasteiger partial charge in [-0.05, 0) is 27.2 Å². The Hall–Kier alpha value is -0.830. The Kier molecular flexibility index (Phi) is 3.55. The van der Waals surface area contributed by atoms with Gasteiger partial charge in [0.1, 0.15) is 6.61 Å². The van der Waals surface area contributed by atoms with E-state index in [2.05, 4.69) is 32.3 Å². The number of nitrogens with zero attached hydrogens (tertiary/aromatic N) is 1. The molecule has 1 aliphatic heterocycles. The summed E-state index contributed by atoms with van der Waals surface area (Å²) >= 11 is 0. The van der Waals surface area contributed by atoms with Crippen molar-refractivity contribution in [2.24, 2.45) is 0 Å². The zero-order valence-electron chi connectivity index (χ0n) is 10.2. The van der Waals surface area contributed by atoms with Crippen molar-refractivity contribution < 1.29 is 9.53 Å². The first-order chi connectivity index (χ1) is 6.88. The predicted molar refractivity (Wildman–Crippen MR) is 60.6 cm³/mol. The Labute approximate surface area is 92.1 Å². The molecule has 15 heavy (non-hydrogen) atoms. The molecule has 0 saturated carbocycles. The summed E-state index contributed by atoms with van der Waals surface area (Å²) in [7, 11) is 0. The molecule has 0 amide bonds. The van der Waals surface area contributed by atoms with E-state index in [-0.39, 0.29) is 11.5 Å². The summed E-state index contributed by atoms with van der Waals surface area (Å²) in [6.07, 6.45) is 1.01. The maximum Gasteiger partial charge on any atom is 0.333 e. The number of rotatable bonds is 5. The molecule has 3 nitrogen and oxygen atoms in total. The van der Waals surface area contributed by atoms with Crippen molar-refractivity contribution in [1.29, 1.82) is 0 Å². The highest BCUT2D eigenvalue weighted by atomic mass is 16.5. The Morgan fingerprint density at radius 1 is 1.60 bits per heavy atom. The number of esters is 1. The van der Waals surface area contributed by atoms with Crippen LogP contribution in [-0.4, -0.2) is 35.6 Å². The Bertz CT molecular complexity index is 271. The third kappa shape index (κ3) is 3.06. The molecule has 0 aromatic carbocycles. The van der Waals surface area contributed by atoms with Gasteiger partial charge in [0, 0.05) is 23.7 Å². The summed E-state index contributed by atoms with van der Waals surface area (Å²) in [6.45, 7) is 13.3. The van der Waals surface area contributed by atoms with Gasteiger partial charge in [0.05, 0.1) is 0 Å². The number of carbonyl (C=O) groups excluding carboxylic acids is 1. The Morgan fingerprint density at radius 2 is 2.13 bits per heavy atom. The highest BCUT2D eigenvalue weighted by Crippen LogP contribution is 2.34. The van der Waals surface area contributed by atoms with Gasteiger partial charge in [-0.1, -0.05) is 13.5 Å². The number of hydrogen-bond acceptors (Lipinski definition) is 3. The smallest absolute Gasteiger partial charge is 0.333 e. The molecule has 1 rings (SSSR count). The maximum absolute atomic E-state index is 11.2. The largest absolute Gasteiger partial charge is 0.461 e. The van der Waals surface area contributed by atoms with Crippen LogP contribution in [0.4, 0.5) is 0 Å². The molecule has 3 heteroatoms. The molecule has 0 aliphatic carbocycles. The number of carbonyl (C=O) groups is 1. The van der Waals surface area contributed by atoms with Crippen LogP contribution in [0.2, 0.25) is 0 Å². The van der Waals surface area contributed by atoms with Crippen molar-refractivity contribution in [1.82, 2.24) is 4.90 Å². The second kappa shape index (κ2) is 4.35. The first-order valence-electron chi connectivity index (χ1n) is 5.48. The van der Waals surface area contributed by atoms with E-state index >= 15 is 0 Å². The fourth-order valence-corrected chi connectivity index (χ4v) is 1.73. The van der Waals surface area contributed by atoms with E-state index < -0.39 is 0 Å². The van der Waals surface area contributed by atoms with E-state index in [4.69, 9.17) is 4.74 Å². The molecule has 0 N–H and O–H groups in total. The quantitative estimate of drug-likeness (QED) is 0.395. The lowest BCUT2D eigenvalue weighted by Gasteiger charge is -2.19. The zero-order chi connectivity index (χ0) is 11.6. The average Bonchev–Trinajstić information content (AvgIpc) is 2.75. The third-order valence-corrected chi connectivity index (χ3v) is 2.90. The molecular formula is C12H21NO2. The molecule has 0 bridgehead atoms. The summed E-state index contributed by atoms with van der Waals surface area (Å²) in [5, 5.41) is 0. The molecule has 1 fully saturated rings. The molecule has 1 saturated heterocycles. The first-order valence-corrected chi connectivity index (χ1v) is 5.48. The molecule has 1 aliphatic rings. The molecule has 86 valence electrons. The minimum Gasteiger partial charge on any atom is -0.461 e. The second-order valence-electron chi connectivity index (χ2n) is 4.88. The van der Waals surface area contributed by atoms with Gasteiger partial charge < -0.3 is 4.74 Å². The topological polar surface area (TPSA) is 29.3 Å². The van der Waals surface area contributed by atoms with Crippen molar-refractivity contribution in [2.75, 3.05) is 13.2 Å². The number of hydrogen-bond donors (Lipinski definition) is 0. The van der Waals surface area contributed by atoms with Gasteiger partial charge >= 0.3 is 5.97 Å². The van der Waals surface area contributed by atoms with Crippen molar-refractivity contribution in [2.45, 2.75) is 45.7 Å². The van der Waals surface area contributed by atoms with Crippen LogP contribution in [-0.2, 0) is 9.53 Å². The monoisotopic (exact) mass is 211 g/mol.